The lowest BCUT2D eigenvalue weighted by Crippen LogP contribution is -2.26. The summed E-state index contributed by atoms with van der Waals surface area (Å²) in [4.78, 5) is 10.6. The van der Waals surface area contributed by atoms with E-state index < -0.39 is 5.41 Å². The maximum atomic E-state index is 5.55. The summed E-state index contributed by atoms with van der Waals surface area (Å²) in [6.07, 6.45) is 2.09. The topological polar surface area (TPSA) is 25.2 Å². The lowest BCUT2D eigenvalue weighted by molar-refractivity contribution is 0.793. The van der Waals surface area contributed by atoms with E-state index in [1.54, 1.807) is 0 Å². The average Bonchev–Trinajstić information content (AvgIpc) is 3.82. The van der Waals surface area contributed by atoms with Gasteiger partial charge in [0.1, 0.15) is 0 Å². The van der Waals surface area contributed by atoms with E-state index in [1.165, 1.54) is 44.5 Å². The molecule has 292 valence electrons. The Balaban J connectivity index is 0.995. The first-order valence-corrected chi connectivity index (χ1v) is 21.3. The molecule has 1 spiro atoms. The first-order chi connectivity index (χ1) is 30.6. The molecule has 0 aliphatic heterocycles. The number of fused-ring (bicyclic) bond motifs is 10. The zero-order valence-electron chi connectivity index (χ0n) is 34.5. The summed E-state index contributed by atoms with van der Waals surface area (Å²) in [7, 11) is 0. The number of aromatic nitrogens is 1. The van der Waals surface area contributed by atoms with Crippen LogP contribution in [0.25, 0.3) is 67.2 Å². The smallest absolute Gasteiger partial charge is 0.0767 e. The van der Waals surface area contributed by atoms with Crippen molar-refractivity contribution in [2.45, 2.75) is 12.3 Å². The Morgan fingerprint density at radius 1 is 0.452 bits per heavy atom. The molecule has 2 aliphatic rings. The quantitative estimate of drug-likeness (QED) is 0.111. The number of rotatable bonds is 8. The van der Waals surface area contributed by atoms with Gasteiger partial charge in [0.05, 0.1) is 22.5 Å². The van der Waals surface area contributed by atoms with Crippen LogP contribution in [0.1, 0.15) is 45.9 Å². The number of nitrogens with zero attached hydrogens (tertiary/aromatic N) is 2. The van der Waals surface area contributed by atoms with E-state index in [1.807, 2.05) is 36.4 Å². The zero-order valence-corrected chi connectivity index (χ0v) is 34.5. The molecule has 1 aromatic heterocycles. The van der Waals surface area contributed by atoms with Gasteiger partial charge in [-0.05, 0) is 85.8 Å². The van der Waals surface area contributed by atoms with Gasteiger partial charge in [0, 0.05) is 28.0 Å². The summed E-state index contributed by atoms with van der Waals surface area (Å²) in [6.45, 7) is 6.56. The molecule has 0 atom stereocenters. The summed E-state index contributed by atoms with van der Waals surface area (Å²) in [5, 5.41) is 0. The van der Waals surface area contributed by atoms with Gasteiger partial charge in [0.25, 0.3) is 0 Å². The molecule has 62 heavy (non-hydrogen) atoms. The Hall–Kier alpha value is -7.94. The van der Waals surface area contributed by atoms with Crippen LogP contribution >= 0.6 is 0 Å². The van der Waals surface area contributed by atoms with E-state index in [0.29, 0.717) is 0 Å². The fourth-order valence-electron chi connectivity index (χ4n) is 9.73. The van der Waals surface area contributed by atoms with Crippen molar-refractivity contribution < 1.29 is 0 Å². The van der Waals surface area contributed by atoms with Gasteiger partial charge in [-0.2, -0.15) is 0 Å². The van der Waals surface area contributed by atoms with Gasteiger partial charge in [-0.3, -0.25) is 4.99 Å². The van der Waals surface area contributed by atoms with Crippen LogP contribution in [0.3, 0.4) is 0 Å². The second kappa shape index (κ2) is 15.3. The van der Waals surface area contributed by atoms with Crippen LogP contribution in [0.5, 0.6) is 0 Å². The van der Waals surface area contributed by atoms with Crippen molar-refractivity contribution in [1.29, 1.82) is 0 Å². The molecule has 9 aromatic rings. The predicted octanol–water partition coefficient (Wildman–Crippen LogP) is 15.0. The minimum Gasteiger partial charge on any atom is -0.252 e. The van der Waals surface area contributed by atoms with Crippen LogP contribution in [-0.2, 0) is 5.41 Å². The molecule has 0 amide bonds. The van der Waals surface area contributed by atoms with E-state index in [2.05, 4.69) is 202 Å². The molecule has 2 heteroatoms. The Bertz CT molecular complexity index is 3170. The second-order valence-electron chi connectivity index (χ2n) is 16.2. The maximum absolute atomic E-state index is 5.55. The van der Waals surface area contributed by atoms with Crippen molar-refractivity contribution >= 4 is 17.0 Å². The van der Waals surface area contributed by atoms with E-state index in [4.69, 9.17) is 9.98 Å². The van der Waals surface area contributed by atoms with Gasteiger partial charge < -0.3 is 0 Å². The summed E-state index contributed by atoms with van der Waals surface area (Å²) in [5.74, 6) is 0. The Kier molecular flexibility index (Phi) is 9.13. The van der Waals surface area contributed by atoms with E-state index in [9.17, 15) is 0 Å². The van der Waals surface area contributed by atoms with E-state index >= 15 is 0 Å². The third kappa shape index (κ3) is 6.11. The fourth-order valence-corrected chi connectivity index (χ4v) is 9.73. The second-order valence-corrected chi connectivity index (χ2v) is 16.2. The van der Waals surface area contributed by atoms with Crippen molar-refractivity contribution in [2.24, 2.45) is 4.99 Å². The normalized spacial score (nSPS) is 13.3. The largest absolute Gasteiger partial charge is 0.252 e. The highest BCUT2D eigenvalue weighted by Gasteiger charge is 2.53. The molecule has 0 N–H and O–H groups in total. The molecule has 0 saturated carbocycles. The van der Waals surface area contributed by atoms with Crippen molar-refractivity contribution in [1.82, 2.24) is 4.98 Å². The SMILES string of the molecule is C=C(/C=C(\N=C(C)c1ccccc1)c1ccccc1)c1ccc(-c2ccc(-c3cc(-c4ccccc4)nc4c3C3(c5ccccc5-c5ccccc53)c3ccccc3-4)cc2)cc1. The molecule has 0 bridgehead atoms. The van der Waals surface area contributed by atoms with Crippen LogP contribution in [0, 0.1) is 0 Å². The third-order valence-electron chi connectivity index (χ3n) is 12.6. The number of aliphatic imine (C=N–C) groups is 1. The van der Waals surface area contributed by atoms with Gasteiger partial charge in [0.15, 0.2) is 0 Å². The van der Waals surface area contributed by atoms with E-state index in [-0.39, 0.29) is 0 Å². The van der Waals surface area contributed by atoms with Gasteiger partial charge in [-0.15, -0.1) is 0 Å². The highest BCUT2D eigenvalue weighted by molar-refractivity contribution is 6.03. The summed E-state index contributed by atoms with van der Waals surface area (Å²) in [6, 6.07) is 78.2. The number of pyridine rings is 1. The first-order valence-electron chi connectivity index (χ1n) is 21.3. The zero-order chi connectivity index (χ0) is 41.6. The monoisotopic (exact) mass is 790 g/mol. The van der Waals surface area contributed by atoms with Crippen LogP contribution < -0.4 is 0 Å². The molecule has 1 heterocycles. The summed E-state index contributed by atoms with van der Waals surface area (Å²) in [5.41, 5.74) is 22.1. The number of allylic oxidation sites excluding steroid dienone is 2. The highest BCUT2D eigenvalue weighted by atomic mass is 14.8. The van der Waals surface area contributed by atoms with Crippen molar-refractivity contribution in [3.63, 3.8) is 0 Å². The first kappa shape index (κ1) is 37.1. The van der Waals surface area contributed by atoms with Crippen LogP contribution in [0.15, 0.2) is 236 Å². The van der Waals surface area contributed by atoms with E-state index in [0.717, 1.165) is 67.3 Å². The van der Waals surface area contributed by atoms with Crippen LogP contribution in [0.4, 0.5) is 0 Å². The average molecular weight is 791 g/mol. The van der Waals surface area contributed by atoms with Crippen molar-refractivity contribution in [2.75, 3.05) is 0 Å². The third-order valence-corrected chi connectivity index (χ3v) is 12.6. The van der Waals surface area contributed by atoms with Gasteiger partial charge in [0.2, 0.25) is 0 Å². The minimum absolute atomic E-state index is 0.506. The number of hydrogen-bond donors (Lipinski definition) is 0. The van der Waals surface area contributed by atoms with Gasteiger partial charge >= 0.3 is 0 Å². The molecule has 2 nitrogen and oxygen atoms in total. The summed E-state index contributed by atoms with van der Waals surface area (Å²) < 4.78 is 0. The molecule has 2 aliphatic carbocycles. The lowest BCUT2D eigenvalue weighted by Gasteiger charge is -2.32. The Labute approximate surface area is 363 Å². The molecule has 0 radical (unpaired) electrons. The molecular weight excluding hydrogens is 749 g/mol. The predicted molar refractivity (Wildman–Crippen MR) is 259 cm³/mol. The standard InChI is InChI=1S/C60H42N2/c1-40(38-56(47-20-8-4-9-21-47)61-41(2)43-18-6-3-7-19-43)42-30-32-44(33-31-42)45-34-36-46(37-35-45)52-39-57(48-22-10-5-11-23-48)62-59-51-26-14-17-29-55(51)60(58(52)59)53-27-15-12-24-49(53)50-25-13-16-28-54(50)60/h3-39H,1H2,2H3/b56-38-,61-41?. The molecular formula is C60H42N2. The van der Waals surface area contributed by atoms with Crippen LogP contribution in [-0.4, -0.2) is 10.7 Å². The number of benzene rings is 8. The van der Waals surface area contributed by atoms with Gasteiger partial charge in [-0.25, -0.2) is 4.98 Å². The molecule has 8 aromatic carbocycles. The van der Waals surface area contributed by atoms with Crippen molar-refractivity contribution in [3.05, 3.63) is 270 Å². The highest BCUT2D eigenvalue weighted by Crippen LogP contribution is 2.64. The minimum atomic E-state index is -0.506. The molecule has 0 saturated heterocycles. The summed E-state index contributed by atoms with van der Waals surface area (Å²) >= 11 is 0. The lowest BCUT2D eigenvalue weighted by atomic mass is 9.69. The maximum Gasteiger partial charge on any atom is 0.0767 e. The molecule has 11 rings (SSSR count). The number of hydrogen-bond acceptors (Lipinski definition) is 2. The molecule has 0 fully saturated rings. The van der Waals surface area contributed by atoms with Crippen molar-refractivity contribution in [3.8, 4) is 55.9 Å². The Morgan fingerprint density at radius 2 is 0.919 bits per heavy atom. The Morgan fingerprint density at radius 3 is 1.52 bits per heavy atom. The molecule has 0 unspecified atom stereocenters. The van der Waals surface area contributed by atoms with Gasteiger partial charge in [-0.1, -0.05) is 219 Å². The fraction of sp³-hybridized carbons (Fsp3) is 0.0333. The van der Waals surface area contributed by atoms with Crippen LogP contribution in [0.2, 0.25) is 0 Å².